The highest BCUT2D eigenvalue weighted by molar-refractivity contribution is 7.09. The minimum absolute atomic E-state index is 0.00886. The van der Waals surface area contributed by atoms with Crippen molar-refractivity contribution in [1.29, 1.82) is 0 Å². The predicted octanol–water partition coefficient (Wildman–Crippen LogP) is 5.06. The molecular weight excluding hydrogens is 441 g/mol. The van der Waals surface area contributed by atoms with Crippen LogP contribution in [0, 0.1) is 0 Å². The van der Waals surface area contributed by atoms with Gasteiger partial charge in [0.1, 0.15) is 11.3 Å². The van der Waals surface area contributed by atoms with Crippen molar-refractivity contribution >= 4 is 52.0 Å². The molecule has 0 saturated carbocycles. The van der Waals surface area contributed by atoms with Gasteiger partial charge in [-0.1, -0.05) is 55.6 Å². The van der Waals surface area contributed by atoms with Gasteiger partial charge in [0, 0.05) is 43.5 Å². The molecule has 1 aliphatic heterocycles. The molecular formula is C19H22Cl3N3O2S. The van der Waals surface area contributed by atoms with Crippen LogP contribution in [0.2, 0.25) is 15.1 Å². The molecule has 2 aromatic rings. The van der Waals surface area contributed by atoms with Gasteiger partial charge in [-0.25, -0.2) is 4.98 Å². The summed E-state index contributed by atoms with van der Waals surface area (Å²) < 4.78 is 0. The van der Waals surface area contributed by atoms with E-state index in [-0.39, 0.29) is 37.7 Å². The molecule has 0 spiro atoms. The van der Waals surface area contributed by atoms with Gasteiger partial charge in [-0.15, -0.1) is 11.3 Å². The van der Waals surface area contributed by atoms with E-state index < -0.39 is 0 Å². The number of phenols is 1. The summed E-state index contributed by atoms with van der Waals surface area (Å²) in [6.07, 6.45) is 0. The molecule has 1 aromatic heterocycles. The van der Waals surface area contributed by atoms with E-state index in [0.717, 1.165) is 17.2 Å². The molecule has 1 aromatic carbocycles. The van der Waals surface area contributed by atoms with Gasteiger partial charge < -0.3 is 10.0 Å². The van der Waals surface area contributed by atoms with Crippen LogP contribution in [0.15, 0.2) is 11.4 Å². The fraction of sp³-hybridized carbons (Fsp3) is 0.474. The summed E-state index contributed by atoms with van der Waals surface area (Å²) >= 11 is 19.8. The summed E-state index contributed by atoms with van der Waals surface area (Å²) in [5.74, 6) is -0.698. The maximum atomic E-state index is 12.9. The number of carbonyl (C=O) groups is 1. The van der Waals surface area contributed by atoms with Gasteiger partial charge in [-0.05, 0) is 6.07 Å². The van der Waals surface area contributed by atoms with Gasteiger partial charge >= 0.3 is 0 Å². The largest absolute Gasteiger partial charge is 0.505 e. The number of thiazole rings is 1. The molecule has 0 radical (unpaired) electrons. The molecule has 1 amide bonds. The smallest absolute Gasteiger partial charge is 0.259 e. The molecule has 5 nitrogen and oxygen atoms in total. The monoisotopic (exact) mass is 461 g/mol. The molecule has 0 unspecified atom stereocenters. The first-order valence-electron chi connectivity index (χ1n) is 8.91. The minimum Gasteiger partial charge on any atom is -0.505 e. The molecule has 0 atom stereocenters. The van der Waals surface area contributed by atoms with E-state index in [9.17, 15) is 9.90 Å². The van der Waals surface area contributed by atoms with Gasteiger partial charge in [0.2, 0.25) is 0 Å². The zero-order valence-corrected chi connectivity index (χ0v) is 19.0. The summed E-state index contributed by atoms with van der Waals surface area (Å²) in [5, 5.41) is 13.6. The minimum atomic E-state index is -0.366. The number of amides is 1. The Morgan fingerprint density at radius 3 is 2.39 bits per heavy atom. The van der Waals surface area contributed by atoms with E-state index in [1.807, 2.05) is 0 Å². The zero-order valence-electron chi connectivity index (χ0n) is 15.9. The third-order valence-electron chi connectivity index (χ3n) is 4.60. The van der Waals surface area contributed by atoms with Crippen molar-refractivity contribution < 1.29 is 9.90 Å². The molecule has 1 N–H and O–H groups in total. The quantitative estimate of drug-likeness (QED) is 0.647. The zero-order chi connectivity index (χ0) is 20.6. The van der Waals surface area contributed by atoms with Crippen molar-refractivity contribution in [2.75, 3.05) is 26.2 Å². The number of hydrogen-bond donors (Lipinski definition) is 1. The number of phenolic OH excluding ortho intramolecular Hbond substituents is 1. The van der Waals surface area contributed by atoms with E-state index in [1.54, 1.807) is 16.2 Å². The Balaban J connectivity index is 1.64. The number of aromatic nitrogens is 1. The molecule has 0 bridgehead atoms. The molecule has 152 valence electrons. The van der Waals surface area contributed by atoms with Crippen LogP contribution in [0.5, 0.6) is 5.75 Å². The lowest BCUT2D eigenvalue weighted by atomic mass is 9.98. The Bertz CT molecular complexity index is 861. The average Bonchev–Trinajstić information content (AvgIpc) is 3.10. The van der Waals surface area contributed by atoms with Crippen LogP contribution in [-0.4, -0.2) is 52.0 Å². The predicted molar refractivity (Wildman–Crippen MR) is 115 cm³/mol. The van der Waals surface area contributed by atoms with E-state index in [4.69, 9.17) is 39.8 Å². The topological polar surface area (TPSA) is 56.7 Å². The summed E-state index contributed by atoms with van der Waals surface area (Å²) in [6, 6.07) is 1.33. The van der Waals surface area contributed by atoms with Gasteiger partial charge in [-0.2, -0.15) is 0 Å². The highest BCUT2D eigenvalue weighted by Gasteiger charge is 2.28. The Morgan fingerprint density at radius 1 is 1.18 bits per heavy atom. The van der Waals surface area contributed by atoms with Crippen LogP contribution in [0.3, 0.4) is 0 Å². The van der Waals surface area contributed by atoms with Gasteiger partial charge in [0.05, 0.1) is 25.8 Å². The number of aromatic hydroxyl groups is 1. The first-order chi connectivity index (χ1) is 13.1. The first-order valence-corrected chi connectivity index (χ1v) is 10.9. The summed E-state index contributed by atoms with van der Waals surface area (Å²) in [7, 11) is 0. The van der Waals surface area contributed by atoms with Crippen molar-refractivity contribution in [3.8, 4) is 5.75 Å². The highest BCUT2D eigenvalue weighted by Crippen LogP contribution is 2.39. The number of benzene rings is 1. The van der Waals surface area contributed by atoms with E-state index >= 15 is 0 Å². The lowest BCUT2D eigenvalue weighted by molar-refractivity contribution is 0.0624. The average molecular weight is 463 g/mol. The number of nitrogens with zero attached hydrogens (tertiary/aromatic N) is 3. The number of carbonyl (C=O) groups excluding carboxylic acids is 1. The van der Waals surface area contributed by atoms with Crippen molar-refractivity contribution in [3.05, 3.63) is 42.8 Å². The van der Waals surface area contributed by atoms with Crippen molar-refractivity contribution in [1.82, 2.24) is 14.8 Å². The Morgan fingerprint density at radius 2 is 1.82 bits per heavy atom. The lowest BCUT2D eigenvalue weighted by Gasteiger charge is -2.34. The van der Waals surface area contributed by atoms with Crippen molar-refractivity contribution in [2.45, 2.75) is 32.7 Å². The number of piperazine rings is 1. The summed E-state index contributed by atoms with van der Waals surface area (Å²) in [6.45, 7) is 9.68. The lowest BCUT2D eigenvalue weighted by Crippen LogP contribution is -2.48. The Hall–Kier alpha value is -1.05. The third kappa shape index (κ3) is 4.57. The van der Waals surface area contributed by atoms with Crippen LogP contribution in [-0.2, 0) is 12.0 Å². The first kappa shape index (κ1) is 21.7. The summed E-state index contributed by atoms with van der Waals surface area (Å²) in [5.41, 5.74) is 1.06. The normalized spacial score (nSPS) is 15.9. The fourth-order valence-electron chi connectivity index (χ4n) is 3.00. The van der Waals surface area contributed by atoms with Gasteiger partial charge in [-0.3, -0.25) is 9.69 Å². The highest BCUT2D eigenvalue weighted by atomic mass is 35.5. The molecule has 3 rings (SSSR count). The van der Waals surface area contributed by atoms with Gasteiger partial charge in [0.15, 0.2) is 0 Å². The third-order valence-corrected chi connectivity index (χ3v) is 6.99. The van der Waals surface area contributed by atoms with Gasteiger partial charge in [0.25, 0.3) is 5.91 Å². The van der Waals surface area contributed by atoms with Crippen LogP contribution < -0.4 is 0 Å². The second-order valence-corrected chi connectivity index (χ2v) is 9.89. The van der Waals surface area contributed by atoms with Crippen LogP contribution in [0.4, 0.5) is 0 Å². The molecule has 1 saturated heterocycles. The van der Waals surface area contributed by atoms with E-state index in [0.29, 0.717) is 26.2 Å². The second kappa shape index (κ2) is 8.36. The Labute approximate surface area is 183 Å². The van der Waals surface area contributed by atoms with E-state index in [1.165, 1.54) is 6.07 Å². The standard InChI is InChI=1S/C19H22Cl3N3O2S/c1-19(2,3)18-23-11(10-28-18)9-24-4-6-25(7-5-24)17(27)14-15(22)12(20)8-13(21)16(14)26/h8,10,26H,4-7,9H2,1-3H3. The molecule has 0 aliphatic carbocycles. The van der Waals surface area contributed by atoms with Crippen LogP contribution >= 0.6 is 46.1 Å². The number of halogens is 3. The van der Waals surface area contributed by atoms with Crippen LogP contribution in [0.1, 0.15) is 41.8 Å². The molecule has 2 heterocycles. The second-order valence-electron chi connectivity index (χ2n) is 7.84. The van der Waals surface area contributed by atoms with E-state index in [2.05, 4.69) is 31.1 Å². The SMILES string of the molecule is CC(C)(C)c1nc(CN2CCN(C(=O)c3c(O)c(Cl)cc(Cl)c3Cl)CC2)cs1. The molecule has 28 heavy (non-hydrogen) atoms. The summed E-state index contributed by atoms with van der Waals surface area (Å²) in [4.78, 5) is 21.5. The maximum Gasteiger partial charge on any atom is 0.259 e. The number of rotatable bonds is 3. The molecule has 1 aliphatic rings. The van der Waals surface area contributed by atoms with Crippen molar-refractivity contribution in [3.63, 3.8) is 0 Å². The molecule has 1 fully saturated rings. The fourth-order valence-corrected chi connectivity index (χ4v) is 4.59. The molecule has 9 heteroatoms. The Kier molecular flexibility index (Phi) is 6.47. The number of hydrogen-bond acceptors (Lipinski definition) is 5. The van der Waals surface area contributed by atoms with Crippen LogP contribution in [0.25, 0.3) is 0 Å². The maximum absolute atomic E-state index is 12.9. The van der Waals surface area contributed by atoms with Crippen molar-refractivity contribution in [2.24, 2.45) is 0 Å².